The SMILES string of the molecule is CC(C)(C)n1cc(NC(=O)C2CCCC2)c(-c2ccccc2)n1. The van der Waals surface area contributed by atoms with Gasteiger partial charge in [-0.3, -0.25) is 9.48 Å². The summed E-state index contributed by atoms with van der Waals surface area (Å²) in [5.74, 6) is 0.282. The zero-order chi connectivity index (χ0) is 16.4. The minimum absolute atomic E-state index is 0.125. The van der Waals surface area contributed by atoms with Crippen LogP contribution in [0.4, 0.5) is 5.69 Å². The number of carbonyl (C=O) groups is 1. The molecule has 3 rings (SSSR count). The number of anilines is 1. The standard InChI is InChI=1S/C19H25N3O/c1-19(2,3)22-13-16(20-18(23)15-11-7-8-12-15)17(21-22)14-9-5-4-6-10-14/h4-6,9-10,13,15H,7-8,11-12H2,1-3H3,(H,20,23). The van der Waals surface area contributed by atoms with Crippen molar-refractivity contribution in [1.29, 1.82) is 0 Å². The summed E-state index contributed by atoms with van der Waals surface area (Å²) in [4.78, 5) is 12.5. The lowest BCUT2D eigenvalue weighted by Crippen LogP contribution is -2.22. The first kappa shape index (κ1) is 15.8. The van der Waals surface area contributed by atoms with E-state index in [4.69, 9.17) is 5.10 Å². The van der Waals surface area contributed by atoms with E-state index in [0.29, 0.717) is 0 Å². The molecule has 0 unspecified atom stereocenters. The van der Waals surface area contributed by atoms with Gasteiger partial charge in [-0.2, -0.15) is 5.10 Å². The number of benzene rings is 1. The molecule has 1 amide bonds. The molecule has 1 fully saturated rings. The van der Waals surface area contributed by atoms with Gasteiger partial charge < -0.3 is 5.32 Å². The van der Waals surface area contributed by atoms with E-state index in [2.05, 4.69) is 26.1 Å². The molecule has 23 heavy (non-hydrogen) atoms. The third-order valence-electron chi connectivity index (χ3n) is 4.43. The van der Waals surface area contributed by atoms with Crippen LogP contribution in [-0.4, -0.2) is 15.7 Å². The van der Waals surface area contributed by atoms with Gasteiger partial charge in [0, 0.05) is 17.7 Å². The summed E-state index contributed by atoms with van der Waals surface area (Å²) in [6.07, 6.45) is 6.27. The molecule has 1 heterocycles. The van der Waals surface area contributed by atoms with Gasteiger partial charge in [0.2, 0.25) is 5.91 Å². The van der Waals surface area contributed by atoms with E-state index < -0.39 is 0 Å². The molecule has 1 aliphatic carbocycles. The lowest BCUT2D eigenvalue weighted by molar-refractivity contribution is -0.119. The number of hydrogen-bond acceptors (Lipinski definition) is 2. The van der Waals surface area contributed by atoms with Crippen LogP contribution in [-0.2, 0) is 10.3 Å². The highest BCUT2D eigenvalue weighted by molar-refractivity contribution is 5.96. The normalized spacial score (nSPS) is 15.8. The molecular formula is C19H25N3O. The van der Waals surface area contributed by atoms with Crippen molar-refractivity contribution in [2.24, 2.45) is 5.92 Å². The molecule has 4 heteroatoms. The summed E-state index contributed by atoms with van der Waals surface area (Å²) < 4.78 is 1.93. The third-order valence-corrected chi connectivity index (χ3v) is 4.43. The van der Waals surface area contributed by atoms with Crippen molar-refractivity contribution >= 4 is 11.6 Å². The smallest absolute Gasteiger partial charge is 0.227 e. The Labute approximate surface area is 137 Å². The first-order chi connectivity index (χ1) is 10.9. The van der Waals surface area contributed by atoms with Gasteiger partial charge in [-0.1, -0.05) is 43.2 Å². The number of rotatable bonds is 3. The van der Waals surface area contributed by atoms with Crippen LogP contribution < -0.4 is 5.32 Å². The van der Waals surface area contributed by atoms with Gasteiger partial charge in [0.1, 0.15) is 5.69 Å². The van der Waals surface area contributed by atoms with Gasteiger partial charge in [0.05, 0.1) is 11.2 Å². The summed E-state index contributed by atoms with van der Waals surface area (Å²) in [6, 6.07) is 10.0. The number of nitrogens with zero attached hydrogens (tertiary/aromatic N) is 2. The highest BCUT2D eigenvalue weighted by Crippen LogP contribution is 2.31. The van der Waals surface area contributed by atoms with Crippen LogP contribution in [0, 0.1) is 5.92 Å². The van der Waals surface area contributed by atoms with Gasteiger partial charge in [0.25, 0.3) is 0 Å². The average Bonchev–Trinajstić information content (AvgIpc) is 3.17. The van der Waals surface area contributed by atoms with E-state index >= 15 is 0 Å². The Bertz CT molecular complexity index is 676. The molecule has 0 bridgehead atoms. The van der Waals surface area contributed by atoms with E-state index in [9.17, 15) is 4.79 Å². The van der Waals surface area contributed by atoms with Gasteiger partial charge in [0.15, 0.2) is 0 Å². The van der Waals surface area contributed by atoms with Crippen molar-refractivity contribution in [3.8, 4) is 11.3 Å². The van der Waals surface area contributed by atoms with E-state index in [1.807, 2.05) is 41.2 Å². The molecule has 0 spiro atoms. The van der Waals surface area contributed by atoms with E-state index in [-0.39, 0.29) is 17.4 Å². The number of aromatic nitrogens is 2. The van der Waals surface area contributed by atoms with Crippen LogP contribution in [0.5, 0.6) is 0 Å². The first-order valence-electron chi connectivity index (χ1n) is 8.41. The van der Waals surface area contributed by atoms with Gasteiger partial charge in [-0.25, -0.2) is 0 Å². The monoisotopic (exact) mass is 311 g/mol. The maximum atomic E-state index is 12.5. The van der Waals surface area contributed by atoms with Crippen LogP contribution in [0.15, 0.2) is 36.5 Å². The second-order valence-corrected chi connectivity index (χ2v) is 7.34. The maximum Gasteiger partial charge on any atom is 0.227 e. The van der Waals surface area contributed by atoms with Crippen molar-refractivity contribution in [3.63, 3.8) is 0 Å². The molecule has 1 aromatic carbocycles. The molecular weight excluding hydrogens is 286 g/mol. The van der Waals surface area contributed by atoms with Gasteiger partial charge in [-0.15, -0.1) is 0 Å². The van der Waals surface area contributed by atoms with Crippen LogP contribution in [0.1, 0.15) is 46.5 Å². The zero-order valence-electron chi connectivity index (χ0n) is 14.2. The Hall–Kier alpha value is -2.10. The average molecular weight is 311 g/mol. The Morgan fingerprint density at radius 1 is 1.17 bits per heavy atom. The Kier molecular flexibility index (Phi) is 4.24. The van der Waals surface area contributed by atoms with Crippen LogP contribution in [0.2, 0.25) is 0 Å². The third kappa shape index (κ3) is 3.46. The number of amides is 1. The fourth-order valence-electron chi connectivity index (χ4n) is 3.04. The number of nitrogens with one attached hydrogen (secondary N) is 1. The molecule has 0 aliphatic heterocycles. The molecule has 1 N–H and O–H groups in total. The molecule has 4 nitrogen and oxygen atoms in total. The minimum atomic E-state index is -0.125. The van der Waals surface area contributed by atoms with Crippen LogP contribution in [0.25, 0.3) is 11.3 Å². The highest BCUT2D eigenvalue weighted by atomic mass is 16.1. The molecule has 122 valence electrons. The lowest BCUT2D eigenvalue weighted by atomic mass is 10.1. The van der Waals surface area contributed by atoms with Crippen LogP contribution in [0.3, 0.4) is 0 Å². The summed E-state index contributed by atoms with van der Waals surface area (Å²) in [5, 5.41) is 7.85. The number of hydrogen-bond donors (Lipinski definition) is 1. The Morgan fingerprint density at radius 2 is 1.83 bits per heavy atom. The van der Waals surface area contributed by atoms with E-state index in [1.165, 1.54) is 0 Å². The molecule has 0 saturated heterocycles. The second kappa shape index (κ2) is 6.19. The molecule has 0 atom stereocenters. The predicted octanol–water partition coefficient (Wildman–Crippen LogP) is 4.43. The quantitative estimate of drug-likeness (QED) is 0.911. The lowest BCUT2D eigenvalue weighted by Gasteiger charge is -2.18. The van der Waals surface area contributed by atoms with Crippen molar-refractivity contribution in [2.45, 2.75) is 52.0 Å². The zero-order valence-corrected chi connectivity index (χ0v) is 14.2. The maximum absolute atomic E-state index is 12.5. The highest BCUT2D eigenvalue weighted by Gasteiger charge is 2.25. The second-order valence-electron chi connectivity index (χ2n) is 7.34. The molecule has 1 saturated carbocycles. The summed E-state index contributed by atoms with van der Waals surface area (Å²) >= 11 is 0. The fraction of sp³-hybridized carbons (Fsp3) is 0.474. The summed E-state index contributed by atoms with van der Waals surface area (Å²) in [7, 11) is 0. The molecule has 0 radical (unpaired) electrons. The largest absolute Gasteiger partial charge is 0.323 e. The van der Waals surface area contributed by atoms with Crippen molar-refractivity contribution in [3.05, 3.63) is 36.5 Å². The molecule has 2 aromatic rings. The molecule has 1 aliphatic rings. The minimum Gasteiger partial charge on any atom is -0.323 e. The van der Waals surface area contributed by atoms with Gasteiger partial charge in [-0.05, 0) is 33.6 Å². The topological polar surface area (TPSA) is 46.9 Å². The van der Waals surface area contributed by atoms with Gasteiger partial charge >= 0.3 is 0 Å². The Morgan fingerprint density at radius 3 is 2.43 bits per heavy atom. The molecule has 1 aromatic heterocycles. The first-order valence-corrected chi connectivity index (χ1v) is 8.41. The van der Waals surface area contributed by atoms with E-state index in [0.717, 1.165) is 42.6 Å². The number of carbonyl (C=O) groups excluding carboxylic acids is 1. The summed E-state index contributed by atoms with van der Waals surface area (Å²) in [6.45, 7) is 6.33. The van der Waals surface area contributed by atoms with Crippen molar-refractivity contribution in [1.82, 2.24) is 9.78 Å². The fourth-order valence-corrected chi connectivity index (χ4v) is 3.04. The Balaban J connectivity index is 1.94. The van der Waals surface area contributed by atoms with Crippen molar-refractivity contribution < 1.29 is 4.79 Å². The predicted molar refractivity (Wildman–Crippen MR) is 93.2 cm³/mol. The summed E-state index contributed by atoms with van der Waals surface area (Å²) in [5.41, 5.74) is 2.55. The van der Waals surface area contributed by atoms with Crippen LogP contribution >= 0.6 is 0 Å². The van der Waals surface area contributed by atoms with Crippen molar-refractivity contribution in [2.75, 3.05) is 5.32 Å². The van der Waals surface area contributed by atoms with E-state index in [1.54, 1.807) is 0 Å².